The molecule has 1 N–H and O–H groups in total. The molecule has 1 fully saturated rings. The molecule has 1 aliphatic heterocycles. The van der Waals surface area contributed by atoms with E-state index in [9.17, 15) is 4.39 Å². The van der Waals surface area contributed by atoms with Gasteiger partial charge in [0.2, 0.25) is 0 Å². The molecule has 2 rings (SSSR count). The Bertz CT molecular complexity index is 415. The van der Waals surface area contributed by atoms with Crippen molar-refractivity contribution in [3.05, 3.63) is 35.1 Å². The first-order chi connectivity index (χ1) is 8.50. The van der Waals surface area contributed by atoms with Crippen molar-refractivity contribution < 1.29 is 4.39 Å². The number of likely N-dealkylation sites (tertiary alicyclic amines) is 1. The third-order valence-electron chi connectivity index (χ3n) is 3.64. The normalized spacial score (nSPS) is 19.3. The minimum absolute atomic E-state index is 0.0837. The molecule has 1 saturated heterocycles. The lowest BCUT2D eigenvalue weighted by Gasteiger charge is -2.20. The maximum Gasteiger partial charge on any atom is 0.127 e. The van der Waals surface area contributed by atoms with Gasteiger partial charge in [-0.15, -0.1) is 0 Å². The number of hydrogen-bond donors (Lipinski definition) is 1. The van der Waals surface area contributed by atoms with E-state index in [4.69, 9.17) is 0 Å². The van der Waals surface area contributed by atoms with Crippen LogP contribution in [0.15, 0.2) is 18.2 Å². The number of nitrogens with zero attached hydrogens (tertiary/aromatic N) is 1. The number of benzene rings is 1. The summed E-state index contributed by atoms with van der Waals surface area (Å²) in [7, 11) is 1.91. The largest absolute Gasteiger partial charge is 0.316 e. The third kappa shape index (κ3) is 3.30. The van der Waals surface area contributed by atoms with Gasteiger partial charge in [-0.1, -0.05) is 26.0 Å². The summed E-state index contributed by atoms with van der Waals surface area (Å²) < 4.78 is 13.8. The van der Waals surface area contributed by atoms with E-state index in [2.05, 4.69) is 24.1 Å². The molecule has 0 aromatic heterocycles. The zero-order chi connectivity index (χ0) is 13.2. The lowest BCUT2D eigenvalue weighted by molar-refractivity contribution is 0.281. The Hall–Kier alpha value is -0.930. The molecular weight excluding hydrogens is 227 g/mol. The van der Waals surface area contributed by atoms with Gasteiger partial charge in [0.15, 0.2) is 0 Å². The predicted octanol–water partition coefficient (Wildman–Crippen LogP) is 2.78. The lowest BCUT2D eigenvalue weighted by atomic mass is 9.93. The molecule has 1 aliphatic rings. The molecule has 3 heteroatoms. The van der Waals surface area contributed by atoms with Crippen molar-refractivity contribution in [3.63, 3.8) is 0 Å². The number of nitrogens with one attached hydrogen (secondary N) is 1. The van der Waals surface area contributed by atoms with Crippen LogP contribution in [0.2, 0.25) is 0 Å². The van der Waals surface area contributed by atoms with E-state index in [0.717, 1.165) is 37.3 Å². The van der Waals surface area contributed by atoms with E-state index in [0.29, 0.717) is 5.41 Å². The highest BCUT2D eigenvalue weighted by molar-refractivity contribution is 5.25. The topological polar surface area (TPSA) is 15.3 Å². The summed E-state index contributed by atoms with van der Waals surface area (Å²) in [6, 6.07) is 5.42. The fourth-order valence-corrected chi connectivity index (χ4v) is 2.66. The Morgan fingerprint density at radius 1 is 1.39 bits per heavy atom. The molecule has 1 aromatic rings. The lowest BCUT2D eigenvalue weighted by Crippen LogP contribution is -2.23. The molecule has 0 spiro atoms. The average Bonchev–Trinajstić information content (AvgIpc) is 2.63. The van der Waals surface area contributed by atoms with Gasteiger partial charge in [-0.3, -0.25) is 4.90 Å². The summed E-state index contributed by atoms with van der Waals surface area (Å²) >= 11 is 0. The number of hydrogen-bond acceptors (Lipinski definition) is 2. The monoisotopic (exact) mass is 250 g/mol. The summed E-state index contributed by atoms with van der Waals surface area (Å²) in [4.78, 5) is 2.35. The van der Waals surface area contributed by atoms with Crippen LogP contribution in [0, 0.1) is 11.2 Å². The average molecular weight is 250 g/mol. The minimum Gasteiger partial charge on any atom is -0.316 e. The molecule has 0 bridgehead atoms. The van der Waals surface area contributed by atoms with Crippen molar-refractivity contribution in [1.82, 2.24) is 10.2 Å². The first-order valence-corrected chi connectivity index (χ1v) is 6.64. The Labute approximate surface area is 109 Å². The van der Waals surface area contributed by atoms with Crippen LogP contribution >= 0.6 is 0 Å². The van der Waals surface area contributed by atoms with Gasteiger partial charge in [0.1, 0.15) is 5.82 Å². The molecule has 0 atom stereocenters. The maximum absolute atomic E-state index is 13.8. The van der Waals surface area contributed by atoms with Gasteiger partial charge in [-0.05, 0) is 37.1 Å². The standard InChI is InChI=1S/C15H23FN2/c1-15(2)6-7-18(11-15)10-13-8-12(9-17-3)4-5-14(13)16/h4-5,8,17H,6-7,9-11H2,1-3H3. The van der Waals surface area contributed by atoms with Crippen LogP contribution in [0.3, 0.4) is 0 Å². The van der Waals surface area contributed by atoms with Gasteiger partial charge < -0.3 is 5.32 Å². The van der Waals surface area contributed by atoms with Gasteiger partial charge in [0.25, 0.3) is 0 Å². The molecule has 0 radical (unpaired) electrons. The van der Waals surface area contributed by atoms with E-state index in [-0.39, 0.29) is 5.82 Å². The van der Waals surface area contributed by atoms with Crippen LogP contribution in [-0.2, 0) is 13.1 Å². The second kappa shape index (κ2) is 5.37. The van der Waals surface area contributed by atoms with Crippen LogP contribution in [0.1, 0.15) is 31.4 Å². The van der Waals surface area contributed by atoms with Crippen molar-refractivity contribution in [2.75, 3.05) is 20.1 Å². The minimum atomic E-state index is -0.0837. The quantitative estimate of drug-likeness (QED) is 0.884. The van der Waals surface area contributed by atoms with E-state index >= 15 is 0 Å². The molecule has 0 saturated carbocycles. The number of rotatable bonds is 4. The fourth-order valence-electron chi connectivity index (χ4n) is 2.66. The summed E-state index contributed by atoms with van der Waals surface area (Å²) in [5, 5.41) is 3.10. The fraction of sp³-hybridized carbons (Fsp3) is 0.600. The van der Waals surface area contributed by atoms with Crippen LogP contribution < -0.4 is 5.32 Å². The summed E-state index contributed by atoms with van der Waals surface area (Å²) in [6.07, 6.45) is 1.20. The smallest absolute Gasteiger partial charge is 0.127 e. The Balaban J connectivity index is 2.06. The summed E-state index contributed by atoms with van der Waals surface area (Å²) in [5.41, 5.74) is 2.34. The van der Waals surface area contributed by atoms with E-state index in [1.54, 1.807) is 6.07 Å². The first kappa shape index (κ1) is 13.5. The molecule has 2 nitrogen and oxygen atoms in total. The first-order valence-electron chi connectivity index (χ1n) is 6.64. The zero-order valence-electron chi connectivity index (χ0n) is 11.6. The molecule has 1 aromatic carbocycles. The van der Waals surface area contributed by atoms with E-state index in [1.807, 2.05) is 19.2 Å². The van der Waals surface area contributed by atoms with Gasteiger partial charge in [-0.2, -0.15) is 0 Å². The molecule has 0 unspecified atom stereocenters. The Morgan fingerprint density at radius 3 is 2.78 bits per heavy atom. The van der Waals surface area contributed by atoms with Crippen molar-refractivity contribution in [2.24, 2.45) is 5.41 Å². The highest BCUT2D eigenvalue weighted by atomic mass is 19.1. The summed E-state index contributed by atoms with van der Waals surface area (Å²) in [5.74, 6) is -0.0837. The molecule has 100 valence electrons. The highest BCUT2D eigenvalue weighted by Gasteiger charge is 2.29. The molecular formula is C15H23FN2. The van der Waals surface area contributed by atoms with E-state index in [1.165, 1.54) is 6.42 Å². The highest BCUT2D eigenvalue weighted by Crippen LogP contribution is 2.30. The molecule has 0 aliphatic carbocycles. The van der Waals surface area contributed by atoms with Crippen LogP contribution in [-0.4, -0.2) is 25.0 Å². The summed E-state index contributed by atoms with van der Waals surface area (Å²) in [6.45, 7) is 8.21. The van der Waals surface area contributed by atoms with Crippen LogP contribution in [0.25, 0.3) is 0 Å². The molecule has 0 amide bonds. The third-order valence-corrected chi connectivity index (χ3v) is 3.64. The predicted molar refractivity (Wildman–Crippen MR) is 72.8 cm³/mol. The zero-order valence-corrected chi connectivity index (χ0v) is 11.6. The second-order valence-corrected chi connectivity index (χ2v) is 6.08. The Kier molecular flexibility index (Phi) is 4.03. The SMILES string of the molecule is CNCc1ccc(F)c(CN2CCC(C)(C)C2)c1. The van der Waals surface area contributed by atoms with Crippen molar-refractivity contribution >= 4 is 0 Å². The van der Waals surface area contributed by atoms with E-state index < -0.39 is 0 Å². The van der Waals surface area contributed by atoms with Crippen LogP contribution in [0.5, 0.6) is 0 Å². The van der Waals surface area contributed by atoms with Gasteiger partial charge in [0.05, 0.1) is 0 Å². The van der Waals surface area contributed by atoms with Crippen molar-refractivity contribution in [3.8, 4) is 0 Å². The van der Waals surface area contributed by atoms with Gasteiger partial charge in [-0.25, -0.2) is 4.39 Å². The molecule has 18 heavy (non-hydrogen) atoms. The van der Waals surface area contributed by atoms with Crippen molar-refractivity contribution in [2.45, 2.75) is 33.4 Å². The maximum atomic E-state index is 13.8. The van der Waals surface area contributed by atoms with Gasteiger partial charge >= 0.3 is 0 Å². The Morgan fingerprint density at radius 2 is 2.17 bits per heavy atom. The molecule has 1 heterocycles. The van der Waals surface area contributed by atoms with Crippen molar-refractivity contribution in [1.29, 1.82) is 0 Å². The van der Waals surface area contributed by atoms with Gasteiger partial charge in [0, 0.05) is 25.2 Å². The van der Waals surface area contributed by atoms with Crippen LogP contribution in [0.4, 0.5) is 4.39 Å². The number of halogens is 1. The second-order valence-electron chi connectivity index (χ2n) is 6.08.